The second-order valence-electron chi connectivity index (χ2n) is 7.95. The largest absolute Gasteiger partial charge is 0.493 e. The predicted molar refractivity (Wildman–Crippen MR) is 129 cm³/mol. The number of aromatic nitrogens is 3. The van der Waals surface area contributed by atoms with Gasteiger partial charge >= 0.3 is 0 Å². The zero-order valence-corrected chi connectivity index (χ0v) is 19.8. The lowest BCUT2D eigenvalue weighted by Crippen LogP contribution is -2.38. The fraction of sp³-hybridized carbons (Fsp3) is 0.435. The van der Waals surface area contributed by atoms with Gasteiger partial charge in [0.15, 0.2) is 23.8 Å². The van der Waals surface area contributed by atoms with Crippen molar-refractivity contribution in [2.75, 3.05) is 45.7 Å². The van der Waals surface area contributed by atoms with Gasteiger partial charge in [-0.1, -0.05) is 18.5 Å². The molecular formula is C23H29ClN6O3. The second kappa shape index (κ2) is 10.3. The number of likely N-dealkylation sites (tertiary alicyclic amines) is 1. The van der Waals surface area contributed by atoms with E-state index in [1.165, 1.54) is 0 Å². The lowest BCUT2D eigenvalue weighted by atomic mass is 10.0. The van der Waals surface area contributed by atoms with Gasteiger partial charge in [0.25, 0.3) is 5.91 Å². The first-order valence-electron chi connectivity index (χ1n) is 11.1. The lowest BCUT2D eigenvalue weighted by Gasteiger charge is -2.32. The summed E-state index contributed by atoms with van der Waals surface area (Å²) in [4.78, 5) is 26.4. The average Bonchev–Trinajstić information content (AvgIpc) is 3.29. The number of ether oxygens (including phenoxy) is 2. The number of methoxy groups -OCH3 is 1. The third-order valence-electron chi connectivity index (χ3n) is 5.93. The van der Waals surface area contributed by atoms with E-state index in [-0.39, 0.29) is 12.5 Å². The van der Waals surface area contributed by atoms with Crippen LogP contribution in [0, 0.1) is 0 Å². The molecule has 0 spiro atoms. The molecule has 0 aliphatic carbocycles. The standard InChI is InChI=1S/C23H29ClN6O3/c1-4-30-9-7-15(8-10-30)27-20-16(24)12-26-23-21(20)28-22(29-23)14-5-6-17(18(11-14)32-3)33-13-19(31)25-2/h5-6,11-12,15H,4,7-10,13H2,1-3H3,(H,25,31)(H2,26,27,28,29). The number of hydrogen-bond acceptors (Lipinski definition) is 7. The van der Waals surface area contributed by atoms with Crippen LogP contribution in [-0.4, -0.2) is 72.2 Å². The molecule has 3 N–H and O–H groups in total. The first-order chi connectivity index (χ1) is 16.0. The number of likely N-dealkylation sites (N-methyl/N-ethyl adjacent to an activating group) is 1. The van der Waals surface area contributed by atoms with Crippen molar-refractivity contribution in [2.24, 2.45) is 0 Å². The van der Waals surface area contributed by atoms with Gasteiger partial charge in [0.2, 0.25) is 0 Å². The minimum atomic E-state index is -0.221. The molecular weight excluding hydrogens is 444 g/mol. The summed E-state index contributed by atoms with van der Waals surface area (Å²) in [6.07, 6.45) is 3.75. The van der Waals surface area contributed by atoms with Crippen LogP contribution in [0.5, 0.6) is 11.5 Å². The van der Waals surface area contributed by atoms with Crippen molar-refractivity contribution >= 4 is 34.4 Å². The summed E-state index contributed by atoms with van der Waals surface area (Å²) in [7, 11) is 3.11. The Morgan fingerprint density at radius 1 is 1.30 bits per heavy atom. The fourth-order valence-corrected chi connectivity index (χ4v) is 4.16. The number of pyridine rings is 1. The molecule has 3 aromatic rings. The van der Waals surface area contributed by atoms with Crippen molar-refractivity contribution in [2.45, 2.75) is 25.8 Å². The summed E-state index contributed by atoms with van der Waals surface area (Å²) in [5.41, 5.74) is 2.99. The Hall–Kier alpha value is -3.04. The first-order valence-corrected chi connectivity index (χ1v) is 11.4. The molecule has 1 aliphatic rings. The maximum absolute atomic E-state index is 11.5. The molecule has 4 rings (SSSR count). The van der Waals surface area contributed by atoms with E-state index in [0.29, 0.717) is 34.0 Å². The molecule has 1 aromatic carbocycles. The molecule has 1 fully saturated rings. The summed E-state index contributed by atoms with van der Waals surface area (Å²) in [6.45, 7) is 5.32. The van der Waals surface area contributed by atoms with Crippen LogP contribution in [0.3, 0.4) is 0 Å². The van der Waals surface area contributed by atoms with Crippen molar-refractivity contribution in [1.82, 2.24) is 25.2 Å². The molecule has 10 heteroatoms. The molecule has 176 valence electrons. The average molecular weight is 473 g/mol. The van der Waals surface area contributed by atoms with Crippen LogP contribution in [0.4, 0.5) is 5.69 Å². The normalized spacial score (nSPS) is 14.9. The van der Waals surface area contributed by atoms with Crippen LogP contribution in [0.15, 0.2) is 24.4 Å². The molecule has 0 unspecified atom stereocenters. The molecule has 0 saturated carbocycles. The molecule has 1 aliphatic heterocycles. The van der Waals surface area contributed by atoms with Gasteiger partial charge in [-0.3, -0.25) is 4.79 Å². The summed E-state index contributed by atoms with van der Waals surface area (Å²) < 4.78 is 11.0. The van der Waals surface area contributed by atoms with E-state index >= 15 is 0 Å². The van der Waals surface area contributed by atoms with Crippen LogP contribution < -0.4 is 20.1 Å². The molecule has 1 saturated heterocycles. The number of fused-ring (bicyclic) bond motifs is 1. The topological polar surface area (TPSA) is 104 Å². The van der Waals surface area contributed by atoms with Crippen molar-refractivity contribution < 1.29 is 14.3 Å². The number of nitrogens with zero attached hydrogens (tertiary/aromatic N) is 3. The number of hydrogen-bond donors (Lipinski definition) is 3. The van der Waals surface area contributed by atoms with Crippen molar-refractivity contribution in [1.29, 1.82) is 0 Å². The monoisotopic (exact) mass is 472 g/mol. The van der Waals surface area contributed by atoms with Crippen LogP contribution in [-0.2, 0) is 4.79 Å². The maximum Gasteiger partial charge on any atom is 0.257 e. The van der Waals surface area contributed by atoms with E-state index < -0.39 is 0 Å². The van der Waals surface area contributed by atoms with Crippen LogP contribution >= 0.6 is 11.6 Å². The van der Waals surface area contributed by atoms with Gasteiger partial charge in [0, 0.05) is 31.7 Å². The van der Waals surface area contributed by atoms with Gasteiger partial charge in [0.1, 0.15) is 11.3 Å². The third-order valence-corrected chi connectivity index (χ3v) is 6.22. The van der Waals surface area contributed by atoms with Gasteiger partial charge in [-0.25, -0.2) is 9.97 Å². The molecule has 2 aromatic heterocycles. The Morgan fingerprint density at radius 2 is 2.09 bits per heavy atom. The Balaban J connectivity index is 1.59. The summed E-state index contributed by atoms with van der Waals surface area (Å²) in [6, 6.07) is 5.77. The number of imidazole rings is 1. The molecule has 0 bridgehead atoms. The number of carbonyl (C=O) groups is 1. The molecule has 3 heterocycles. The van der Waals surface area contributed by atoms with Gasteiger partial charge < -0.3 is 30.0 Å². The lowest BCUT2D eigenvalue weighted by molar-refractivity contribution is -0.122. The molecule has 9 nitrogen and oxygen atoms in total. The number of piperidine rings is 1. The zero-order chi connectivity index (χ0) is 23.4. The van der Waals surface area contributed by atoms with Gasteiger partial charge in [-0.05, 0) is 37.6 Å². The summed E-state index contributed by atoms with van der Waals surface area (Å²) in [5, 5.41) is 6.70. The van der Waals surface area contributed by atoms with E-state index in [4.69, 9.17) is 21.1 Å². The fourth-order valence-electron chi connectivity index (χ4n) is 3.96. The first kappa shape index (κ1) is 23.1. The van der Waals surface area contributed by atoms with Gasteiger partial charge in [0.05, 0.1) is 24.0 Å². The number of H-pyrrole nitrogens is 1. The van der Waals surface area contributed by atoms with E-state index in [9.17, 15) is 4.79 Å². The maximum atomic E-state index is 11.5. The van der Waals surface area contributed by atoms with Gasteiger partial charge in [-0.15, -0.1) is 0 Å². The van der Waals surface area contributed by atoms with Crippen LogP contribution in [0.2, 0.25) is 5.02 Å². The van der Waals surface area contributed by atoms with Gasteiger partial charge in [-0.2, -0.15) is 0 Å². The van der Waals surface area contributed by atoms with E-state index in [1.807, 2.05) is 12.1 Å². The highest BCUT2D eigenvalue weighted by molar-refractivity contribution is 6.34. The summed E-state index contributed by atoms with van der Waals surface area (Å²) >= 11 is 6.52. The van der Waals surface area contributed by atoms with Crippen molar-refractivity contribution in [3.63, 3.8) is 0 Å². The second-order valence-corrected chi connectivity index (χ2v) is 8.35. The number of amides is 1. The number of carbonyl (C=O) groups excluding carboxylic acids is 1. The number of benzene rings is 1. The highest BCUT2D eigenvalue weighted by Gasteiger charge is 2.21. The van der Waals surface area contributed by atoms with E-state index in [0.717, 1.165) is 49.2 Å². The van der Waals surface area contributed by atoms with E-state index in [1.54, 1.807) is 26.4 Å². The Morgan fingerprint density at radius 3 is 2.79 bits per heavy atom. The van der Waals surface area contributed by atoms with Crippen LogP contribution in [0.1, 0.15) is 19.8 Å². The molecule has 1 amide bonds. The predicted octanol–water partition coefficient (Wildman–Crippen LogP) is 3.31. The number of rotatable bonds is 8. The smallest absolute Gasteiger partial charge is 0.257 e. The Bertz CT molecular complexity index is 1130. The quantitative estimate of drug-likeness (QED) is 0.462. The zero-order valence-electron chi connectivity index (χ0n) is 19.1. The number of nitrogens with one attached hydrogen (secondary N) is 3. The number of aromatic amines is 1. The number of anilines is 1. The molecule has 0 atom stereocenters. The minimum absolute atomic E-state index is 0.0918. The summed E-state index contributed by atoms with van der Waals surface area (Å²) in [5.74, 6) is 1.40. The van der Waals surface area contributed by atoms with E-state index in [2.05, 4.69) is 37.4 Å². The highest BCUT2D eigenvalue weighted by atomic mass is 35.5. The van der Waals surface area contributed by atoms with Crippen molar-refractivity contribution in [3.05, 3.63) is 29.4 Å². The Labute approximate surface area is 197 Å². The Kier molecular flexibility index (Phi) is 7.20. The molecule has 0 radical (unpaired) electrons. The third kappa shape index (κ3) is 5.15. The van der Waals surface area contributed by atoms with Crippen molar-refractivity contribution in [3.8, 4) is 22.9 Å². The minimum Gasteiger partial charge on any atom is -0.493 e. The molecule has 33 heavy (non-hydrogen) atoms. The number of halogens is 1. The highest BCUT2D eigenvalue weighted by Crippen LogP contribution is 2.35. The SMILES string of the molecule is CCN1CCC(Nc2c(Cl)cnc3nc(-c4ccc(OCC(=O)NC)c(OC)c4)[nH]c23)CC1. The van der Waals surface area contributed by atoms with Crippen LogP contribution in [0.25, 0.3) is 22.6 Å².